The van der Waals surface area contributed by atoms with Crippen LogP contribution in [0.25, 0.3) is 11.4 Å². The number of carbonyl (C=O) groups excluding carboxylic acids is 1. The van der Waals surface area contributed by atoms with Gasteiger partial charge in [-0.15, -0.1) is 0 Å². The first-order chi connectivity index (χ1) is 14.1. The van der Waals surface area contributed by atoms with Crippen LogP contribution in [-0.4, -0.2) is 47.1 Å². The van der Waals surface area contributed by atoms with Gasteiger partial charge in [0.2, 0.25) is 17.6 Å². The number of carbonyl (C=O) groups is 1. The molecule has 7 heteroatoms. The molecule has 1 aromatic heterocycles. The summed E-state index contributed by atoms with van der Waals surface area (Å²) in [6.45, 7) is 4.76. The Morgan fingerprint density at radius 1 is 1.07 bits per heavy atom. The molecule has 3 aromatic rings. The lowest BCUT2D eigenvalue weighted by Gasteiger charge is -2.36. The summed E-state index contributed by atoms with van der Waals surface area (Å²) in [6, 6.07) is 14.3. The van der Waals surface area contributed by atoms with Gasteiger partial charge >= 0.3 is 0 Å². The molecule has 0 atom stereocenters. The van der Waals surface area contributed by atoms with Gasteiger partial charge in [-0.3, -0.25) is 4.79 Å². The highest BCUT2D eigenvalue weighted by atomic mass is 19.1. The fourth-order valence-corrected chi connectivity index (χ4v) is 3.53. The minimum absolute atomic E-state index is 0.0828. The van der Waals surface area contributed by atoms with E-state index >= 15 is 0 Å². The van der Waals surface area contributed by atoms with Gasteiger partial charge in [0.25, 0.3) is 0 Å². The fraction of sp³-hybridized carbons (Fsp3) is 0.318. The van der Waals surface area contributed by atoms with Crippen LogP contribution in [0.2, 0.25) is 0 Å². The second-order valence-corrected chi connectivity index (χ2v) is 7.17. The van der Waals surface area contributed by atoms with Crippen molar-refractivity contribution in [3.05, 3.63) is 65.8 Å². The largest absolute Gasteiger partial charge is 0.368 e. The van der Waals surface area contributed by atoms with Crippen molar-refractivity contribution in [1.29, 1.82) is 0 Å². The first-order valence-corrected chi connectivity index (χ1v) is 9.77. The summed E-state index contributed by atoms with van der Waals surface area (Å²) in [5, 5.41) is 4.04. The predicted molar refractivity (Wildman–Crippen MR) is 108 cm³/mol. The predicted octanol–water partition coefficient (Wildman–Crippen LogP) is 3.47. The maximum absolute atomic E-state index is 13.1. The van der Waals surface area contributed by atoms with Crippen LogP contribution < -0.4 is 4.90 Å². The van der Waals surface area contributed by atoms with Crippen LogP contribution in [0.1, 0.15) is 17.9 Å². The standard InChI is InChI=1S/C22H23FN4O2/c1-16-4-2-3-5-19(16)22-24-20(29-25-22)10-11-21(28)27-14-12-26(13-15-27)18-8-6-17(23)7-9-18/h2-9H,10-15H2,1H3. The number of aryl methyl sites for hydroxylation is 2. The average Bonchev–Trinajstić information content (AvgIpc) is 3.22. The summed E-state index contributed by atoms with van der Waals surface area (Å²) in [5.41, 5.74) is 2.99. The Morgan fingerprint density at radius 3 is 2.52 bits per heavy atom. The lowest BCUT2D eigenvalue weighted by molar-refractivity contribution is -0.131. The number of aromatic nitrogens is 2. The molecule has 1 amide bonds. The Balaban J connectivity index is 1.29. The number of piperazine rings is 1. The molecule has 6 nitrogen and oxygen atoms in total. The minimum atomic E-state index is -0.242. The van der Waals surface area contributed by atoms with E-state index in [1.165, 1.54) is 12.1 Å². The molecular weight excluding hydrogens is 371 g/mol. The monoisotopic (exact) mass is 394 g/mol. The molecule has 1 aliphatic heterocycles. The molecule has 1 aliphatic rings. The normalized spacial score (nSPS) is 14.3. The third kappa shape index (κ3) is 4.45. The van der Waals surface area contributed by atoms with Gasteiger partial charge in [-0.2, -0.15) is 4.98 Å². The molecule has 0 bridgehead atoms. The van der Waals surface area contributed by atoms with E-state index in [9.17, 15) is 9.18 Å². The van der Waals surface area contributed by atoms with Gasteiger partial charge < -0.3 is 14.3 Å². The van der Waals surface area contributed by atoms with Crippen molar-refractivity contribution < 1.29 is 13.7 Å². The summed E-state index contributed by atoms with van der Waals surface area (Å²) < 4.78 is 18.4. The number of nitrogens with zero attached hydrogens (tertiary/aromatic N) is 4. The van der Waals surface area contributed by atoms with Gasteiger partial charge in [0, 0.05) is 50.3 Å². The van der Waals surface area contributed by atoms with Crippen LogP contribution in [0.4, 0.5) is 10.1 Å². The smallest absolute Gasteiger partial charge is 0.227 e. The molecule has 1 saturated heterocycles. The van der Waals surface area contributed by atoms with E-state index in [4.69, 9.17) is 4.52 Å². The molecule has 4 rings (SSSR count). The van der Waals surface area contributed by atoms with E-state index < -0.39 is 0 Å². The second kappa shape index (κ2) is 8.43. The lowest BCUT2D eigenvalue weighted by atomic mass is 10.1. The SMILES string of the molecule is Cc1ccccc1-c1noc(CCC(=O)N2CCN(c3ccc(F)cc3)CC2)n1. The summed E-state index contributed by atoms with van der Waals surface area (Å²) in [5.74, 6) is 0.869. The Morgan fingerprint density at radius 2 is 1.79 bits per heavy atom. The maximum Gasteiger partial charge on any atom is 0.227 e. The topological polar surface area (TPSA) is 62.5 Å². The van der Waals surface area contributed by atoms with Crippen LogP contribution in [-0.2, 0) is 11.2 Å². The number of rotatable bonds is 5. The number of halogens is 1. The van der Waals surface area contributed by atoms with Gasteiger partial charge in [0.15, 0.2) is 0 Å². The number of hydrogen-bond donors (Lipinski definition) is 0. The molecule has 0 unspecified atom stereocenters. The molecule has 0 N–H and O–H groups in total. The van der Waals surface area contributed by atoms with E-state index in [0.717, 1.165) is 29.9 Å². The zero-order chi connectivity index (χ0) is 20.2. The molecule has 2 heterocycles. The summed E-state index contributed by atoms with van der Waals surface area (Å²) in [6.07, 6.45) is 0.766. The Kier molecular flexibility index (Phi) is 5.55. The number of amides is 1. The molecule has 0 spiro atoms. The van der Waals surface area contributed by atoms with Crippen LogP contribution in [0.5, 0.6) is 0 Å². The lowest BCUT2D eigenvalue weighted by Crippen LogP contribution is -2.48. The maximum atomic E-state index is 13.1. The first-order valence-electron chi connectivity index (χ1n) is 9.77. The zero-order valence-corrected chi connectivity index (χ0v) is 16.3. The highest BCUT2D eigenvalue weighted by Crippen LogP contribution is 2.21. The van der Waals surface area contributed by atoms with Crippen molar-refractivity contribution in [2.75, 3.05) is 31.1 Å². The molecule has 0 saturated carbocycles. The van der Waals surface area contributed by atoms with Gasteiger partial charge in [0.05, 0.1) is 0 Å². The van der Waals surface area contributed by atoms with Gasteiger partial charge in [0.1, 0.15) is 5.82 Å². The van der Waals surface area contributed by atoms with Gasteiger partial charge in [-0.1, -0.05) is 29.4 Å². The first kappa shape index (κ1) is 19.1. The van der Waals surface area contributed by atoms with E-state index in [-0.39, 0.29) is 11.7 Å². The van der Waals surface area contributed by atoms with Crippen LogP contribution in [0.15, 0.2) is 53.1 Å². The van der Waals surface area contributed by atoms with Crippen molar-refractivity contribution in [3.63, 3.8) is 0 Å². The molecule has 0 radical (unpaired) electrons. The Labute approximate surface area is 168 Å². The zero-order valence-electron chi connectivity index (χ0n) is 16.3. The van der Waals surface area contributed by atoms with E-state index in [1.54, 1.807) is 12.1 Å². The summed E-state index contributed by atoms with van der Waals surface area (Å²) >= 11 is 0. The molecule has 2 aromatic carbocycles. The molecule has 29 heavy (non-hydrogen) atoms. The van der Waals surface area contributed by atoms with E-state index in [1.807, 2.05) is 36.1 Å². The Bertz CT molecular complexity index is 978. The van der Waals surface area contributed by atoms with Crippen LogP contribution in [0, 0.1) is 12.7 Å². The fourth-order valence-electron chi connectivity index (χ4n) is 3.53. The summed E-state index contributed by atoms with van der Waals surface area (Å²) in [7, 11) is 0. The average molecular weight is 394 g/mol. The quantitative estimate of drug-likeness (QED) is 0.663. The minimum Gasteiger partial charge on any atom is -0.368 e. The third-order valence-electron chi connectivity index (χ3n) is 5.23. The highest BCUT2D eigenvalue weighted by molar-refractivity contribution is 5.76. The van der Waals surface area contributed by atoms with E-state index in [2.05, 4.69) is 15.0 Å². The van der Waals surface area contributed by atoms with Crippen molar-refractivity contribution in [3.8, 4) is 11.4 Å². The molecule has 150 valence electrons. The second-order valence-electron chi connectivity index (χ2n) is 7.17. The van der Waals surface area contributed by atoms with Crippen molar-refractivity contribution >= 4 is 11.6 Å². The van der Waals surface area contributed by atoms with Crippen molar-refractivity contribution in [2.45, 2.75) is 19.8 Å². The van der Waals surface area contributed by atoms with Crippen LogP contribution >= 0.6 is 0 Å². The molecular formula is C22H23FN4O2. The highest BCUT2D eigenvalue weighted by Gasteiger charge is 2.22. The third-order valence-corrected chi connectivity index (χ3v) is 5.23. The number of anilines is 1. The summed E-state index contributed by atoms with van der Waals surface area (Å²) in [4.78, 5) is 21.0. The van der Waals surface area contributed by atoms with Crippen molar-refractivity contribution in [1.82, 2.24) is 15.0 Å². The number of benzene rings is 2. The molecule has 0 aliphatic carbocycles. The van der Waals surface area contributed by atoms with Gasteiger partial charge in [-0.25, -0.2) is 4.39 Å². The number of hydrogen-bond acceptors (Lipinski definition) is 5. The Hall–Kier alpha value is -3.22. The van der Waals surface area contributed by atoms with Gasteiger partial charge in [-0.05, 0) is 36.8 Å². The van der Waals surface area contributed by atoms with Crippen molar-refractivity contribution in [2.24, 2.45) is 0 Å². The van der Waals surface area contributed by atoms with E-state index in [0.29, 0.717) is 37.6 Å². The molecule has 1 fully saturated rings. The van der Waals surface area contributed by atoms with Crippen LogP contribution in [0.3, 0.4) is 0 Å².